The zero-order valence-corrected chi connectivity index (χ0v) is 13.2. The van der Waals surface area contributed by atoms with Crippen molar-refractivity contribution in [1.82, 2.24) is 0 Å². The highest BCUT2D eigenvalue weighted by atomic mass is 35.5. The van der Waals surface area contributed by atoms with Crippen LogP contribution in [0.3, 0.4) is 0 Å². The van der Waals surface area contributed by atoms with Crippen molar-refractivity contribution < 1.29 is 9.15 Å². The Kier molecular flexibility index (Phi) is 4.10. The summed E-state index contributed by atoms with van der Waals surface area (Å²) in [6.07, 6.45) is 0. The Morgan fingerprint density at radius 2 is 1.86 bits per heavy atom. The molecule has 1 heterocycles. The first-order valence-electron chi connectivity index (χ1n) is 6.76. The van der Waals surface area contributed by atoms with Crippen molar-refractivity contribution in [3.05, 3.63) is 62.7 Å². The van der Waals surface area contributed by atoms with E-state index in [0.29, 0.717) is 33.4 Å². The molecule has 22 heavy (non-hydrogen) atoms. The van der Waals surface area contributed by atoms with E-state index >= 15 is 0 Å². The molecule has 0 aliphatic carbocycles. The number of hydrogen-bond acceptors (Lipinski definition) is 3. The van der Waals surface area contributed by atoms with E-state index in [-0.39, 0.29) is 11.2 Å². The highest BCUT2D eigenvalue weighted by Gasteiger charge is 2.19. The van der Waals surface area contributed by atoms with Gasteiger partial charge in [-0.05, 0) is 19.1 Å². The summed E-state index contributed by atoms with van der Waals surface area (Å²) < 4.78 is 11.4. The molecule has 0 aliphatic rings. The first-order valence-corrected chi connectivity index (χ1v) is 7.51. The fourth-order valence-electron chi connectivity index (χ4n) is 2.26. The van der Waals surface area contributed by atoms with E-state index in [1.54, 1.807) is 6.07 Å². The maximum Gasteiger partial charge on any atom is 0.235 e. The number of rotatable bonds is 3. The van der Waals surface area contributed by atoms with E-state index in [9.17, 15) is 4.79 Å². The van der Waals surface area contributed by atoms with Crippen LogP contribution in [-0.2, 0) is 0 Å². The SMILES string of the molecule is CCOc1c(-c2ccccc2)oc2c(Cl)cc(Cl)cc2c1=O. The summed E-state index contributed by atoms with van der Waals surface area (Å²) in [6, 6.07) is 12.4. The lowest BCUT2D eigenvalue weighted by atomic mass is 10.1. The van der Waals surface area contributed by atoms with Gasteiger partial charge in [0, 0.05) is 10.6 Å². The van der Waals surface area contributed by atoms with Crippen molar-refractivity contribution in [2.45, 2.75) is 6.92 Å². The maximum absolute atomic E-state index is 12.7. The van der Waals surface area contributed by atoms with Crippen LogP contribution in [0.15, 0.2) is 51.7 Å². The van der Waals surface area contributed by atoms with Gasteiger partial charge in [0.05, 0.1) is 17.0 Å². The van der Waals surface area contributed by atoms with Crippen LogP contribution in [-0.4, -0.2) is 6.61 Å². The van der Waals surface area contributed by atoms with Crippen molar-refractivity contribution in [1.29, 1.82) is 0 Å². The molecule has 0 N–H and O–H groups in total. The Morgan fingerprint density at radius 3 is 2.55 bits per heavy atom. The lowest BCUT2D eigenvalue weighted by molar-refractivity contribution is 0.330. The molecule has 0 fully saturated rings. The third kappa shape index (κ3) is 2.58. The Morgan fingerprint density at radius 1 is 1.14 bits per heavy atom. The van der Waals surface area contributed by atoms with Crippen LogP contribution in [0.1, 0.15) is 6.92 Å². The van der Waals surface area contributed by atoms with Gasteiger partial charge < -0.3 is 9.15 Å². The fraction of sp³-hybridized carbons (Fsp3) is 0.118. The maximum atomic E-state index is 12.7. The average Bonchev–Trinajstić information content (AvgIpc) is 2.51. The molecule has 3 nitrogen and oxygen atoms in total. The molecule has 0 radical (unpaired) electrons. The van der Waals surface area contributed by atoms with Crippen LogP contribution >= 0.6 is 23.2 Å². The van der Waals surface area contributed by atoms with Crippen LogP contribution in [0, 0.1) is 0 Å². The third-order valence-corrected chi connectivity index (χ3v) is 3.69. The molecule has 5 heteroatoms. The lowest BCUT2D eigenvalue weighted by Gasteiger charge is -2.11. The van der Waals surface area contributed by atoms with E-state index < -0.39 is 0 Å². The normalized spacial score (nSPS) is 10.9. The van der Waals surface area contributed by atoms with Gasteiger partial charge in [0.2, 0.25) is 11.2 Å². The first-order chi connectivity index (χ1) is 10.6. The second-order valence-corrected chi connectivity index (χ2v) is 5.50. The van der Waals surface area contributed by atoms with Crippen molar-refractivity contribution >= 4 is 34.2 Å². The summed E-state index contributed by atoms with van der Waals surface area (Å²) >= 11 is 12.1. The zero-order chi connectivity index (χ0) is 15.7. The first kappa shape index (κ1) is 14.9. The fourth-order valence-corrected chi connectivity index (χ4v) is 2.79. The molecule has 2 aromatic carbocycles. The molecular weight excluding hydrogens is 323 g/mol. The smallest absolute Gasteiger partial charge is 0.235 e. The number of hydrogen-bond donors (Lipinski definition) is 0. The predicted molar refractivity (Wildman–Crippen MR) is 89.1 cm³/mol. The Hall–Kier alpha value is -1.97. The molecular formula is C17H12Cl2O3. The summed E-state index contributed by atoms with van der Waals surface area (Å²) in [7, 11) is 0. The van der Waals surface area contributed by atoms with Crippen LogP contribution < -0.4 is 10.2 Å². The van der Waals surface area contributed by atoms with Gasteiger partial charge in [-0.3, -0.25) is 4.79 Å². The van der Waals surface area contributed by atoms with E-state index in [4.69, 9.17) is 32.4 Å². The van der Waals surface area contributed by atoms with Crippen LogP contribution in [0.4, 0.5) is 0 Å². The van der Waals surface area contributed by atoms with E-state index in [1.165, 1.54) is 6.07 Å². The molecule has 0 bridgehead atoms. The van der Waals surface area contributed by atoms with Gasteiger partial charge in [-0.1, -0.05) is 53.5 Å². The Bertz CT molecular complexity index is 886. The summed E-state index contributed by atoms with van der Waals surface area (Å²) in [6.45, 7) is 2.16. The summed E-state index contributed by atoms with van der Waals surface area (Å²) in [5, 5.41) is 0.972. The van der Waals surface area contributed by atoms with Gasteiger partial charge in [0.25, 0.3) is 0 Å². The Labute approximate surface area is 137 Å². The van der Waals surface area contributed by atoms with Gasteiger partial charge in [-0.25, -0.2) is 0 Å². The van der Waals surface area contributed by atoms with Crippen LogP contribution in [0.5, 0.6) is 5.75 Å². The molecule has 0 aliphatic heterocycles. The van der Waals surface area contributed by atoms with Crippen LogP contribution in [0.25, 0.3) is 22.3 Å². The van der Waals surface area contributed by atoms with E-state index in [0.717, 1.165) is 5.56 Å². The molecule has 0 saturated carbocycles. The van der Waals surface area contributed by atoms with Crippen molar-refractivity contribution in [2.24, 2.45) is 0 Å². The van der Waals surface area contributed by atoms with Gasteiger partial charge in [-0.15, -0.1) is 0 Å². The van der Waals surface area contributed by atoms with Crippen LogP contribution in [0.2, 0.25) is 10.0 Å². The molecule has 0 unspecified atom stereocenters. The minimum absolute atomic E-state index is 0.166. The molecule has 0 saturated heterocycles. The standard InChI is InChI=1S/C17H12Cl2O3/c1-2-21-17-14(20)12-8-11(18)9-13(19)16(12)22-15(17)10-6-4-3-5-7-10/h3-9H,2H2,1H3. The Balaban J connectivity index is 2.41. The third-order valence-electron chi connectivity index (χ3n) is 3.19. The monoisotopic (exact) mass is 334 g/mol. The number of benzene rings is 2. The zero-order valence-electron chi connectivity index (χ0n) is 11.7. The largest absolute Gasteiger partial charge is 0.487 e. The predicted octanol–water partition coefficient (Wildman–Crippen LogP) is 5.17. The highest BCUT2D eigenvalue weighted by molar-refractivity contribution is 6.38. The molecule has 3 rings (SSSR count). The molecule has 3 aromatic rings. The molecule has 0 spiro atoms. The van der Waals surface area contributed by atoms with Gasteiger partial charge in [-0.2, -0.15) is 0 Å². The quantitative estimate of drug-likeness (QED) is 0.663. The van der Waals surface area contributed by atoms with Crippen molar-refractivity contribution in [3.8, 4) is 17.1 Å². The summed E-state index contributed by atoms with van der Waals surface area (Å²) in [5.74, 6) is 0.531. The second kappa shape index (κ2) is 6.03. The minimum atomic E-state index is -0.286. The summed E-state index contributed by atoms with van der Waals surface area (Å²) in [4.78, 5) is 12.7. The summed E-state index contributed by atoms with van der Waals surface area (Å²) in [5.41, 5.74) is 0.765. The average molecular weight is 335 g/mol. The second-order valence-electron chi connectivity index (χ2n) is 4.65. The number of halogens is 2. The highest BCUT2D eigenvalue weighted by Crippen LogP contribution is 2.34. The number of ether oxygens (including phenoxy) is 1. The van der Waals surface area contributed by atoms with Crippen molar-refractivity contribution in [3.63, 3.8) is 0 Å². The lowest BCUT2D eigenvalue weighted by Crippen LogP contribution is -2.10. The number of fused-ring (bicyclic) bond motifs is 1. The van der Waals surface area contributed by atoms with Crippen molar-refractivity contribution in [2.75, 3.05) is 6.61 Å². The van der Waals surface area contributed by atoms with E-state index in [1.807, 2.05) is 37.3 Å². The van der Waals surface area contributed by atoms with Gasteiger partial charge >= 0.3 is 0 Å². The molecule has 112 valence electrons. The topological polar surface area (TPSA) is 39.4 Å². The van der Waals surface area contributed by atoms with E-state index in [2.05, 4.69) is 0 Å². The molecule has 0 amide bonds. The molecule has 0 atom stereocenters. The van der Waals surface area contributed by atoms with Gasteiger partial charge in [0.1, 0.15) is 0 Å². The minimum Gasteiger partial charge on any atom is -0.487 e. The van der Waals surface area contributed by atoms with Gasteiger partial charge in [0.15, 0.2) is 11.3 Å². The molecule has 1 aromatic heterocycles.